The van der Waals surface area contributed by atoms with Crippen molar-refractivity contribution in [1.29, 1.82) is 0 Å². The van der Waals surface area contributed by atoms with E-state index in [0.717, 1.165) is 18.8 Å². The highest BCUT2D eigenvalue weighted by atomic mass is 16.4. The van der Waals surface area contributed by atoms with Crippen molar-refractivity contribution < 1.29 is 24.2 Å². The first-order valence-electron chi connectivity index (χ1n) is 6.45. The van der Waals surface area contributed by atoms with E-state index in [-0.39, 0.29) is 11.7 Å². The molecule has 20 heavy (non-hydrogen) atoms. The van der Waals surface area contributed by atoms with Gasteiger partial charge in [-0.05, 0) is 12.5 Å². The number of rotatable bonds is 7. The van der Waals surface area contributed by atoms with E-state index >= 15 is 0 Å². The minimum Gasteiger partial charge on any atom is -0.478 e. The van der Waals surface area contributed by atoms with Gasteiger partial charge in [0, 0.05) is 0 Å². The van der Waals surface area contributed by atoms with Gasteiger partial charge >= 0.3 is 11.9 Å². The van der Waals surface area contributed by atoms with Crippen LogP contribution in [-0.4, -0.2) is 28.3 Å². The third kappa shape index (κ3) is 7.55. The minimum absolute atomic E-state index is 0.0955. The SMILES string of the molecule is CCCCCCC(N)N.O=C(O)c1ccoc1C(=O)O. The summed E-state index contributed by atoms with van der Waals surface area (Å²) >= 11 is 0. The summed E-state index contributed by atoms with van der Waals surface area (Å²) in [5.74, 6) is -3.24. The topological polar surface area (TPSA) is 140 Å². The van der Waals surface area contributed by atoms with Gasteiger partial charge in [-0.25, -0.2) is 9.59 Å². The molecular formula is C13H22N2O5. The number of furan rings is 1. The highest BCUT2D eigenvalue weighted by molar-refractivity contribution is 5.99. The van der Waals surface area contributed by atoms with Gasteiger partial charge < -0.3 is 26.1 Å². The fourth-order valence-electron chi connectivity index (χ4n) is 1.45. The third-order valence-corrected chi connectivity index (χ3v) is 2.48. The zero-order valence-corrected chi connectivity index (χ0v) is 11.5. The van der Waals surface area contributed by atoms with Crippen LogP contribution in [0.15, 0.2) is 16.7 Å². The maximum Gasteiger partial charge on any atom is 0.372 e. The van der Waals surface area contributed by atoms with Crippen molar-refractivity contribution in [1.82, 2.24) is 0 Å². The van der Waals surface area contributed by atoms with E-state index in [1.165, 1.54) is 25.7 Å². The molecule has 1 aromatic heterocycles. The molecule has 6 N–H and O–H groups in total. The van der Waals surface area contributed by atoms with Crippen LogP contribution >= 0.6 is 0 Å². The second-order valence-electron chi connectivity index (χ2n) is 4.29. The first-order valence-corrected chi connectivity index (χ1v) is 6.45. The van der Waals surface area contributed by atoms with Crippen LogP contribution in [0.25, 0.3) is 0 Å². The quantitative estimate of drug-likeness (QED) is 0.443. The number of hydrogen-bond acceptors (Lipinski definition) is 5. The Morgan fingerprint density at radius 1 is 1.20 bits per heavy atom. The Hall–Kier alpha value is -1.86. The zero-order valence-electron chi connectivity index (χ0n) is 11.5. The van der Waals surface area contributed by atoms with E-state index in [9.17, 15) is 9.59 Å². The van der Waals surface area contributed by atoms with E-state index < -0.39 is 17.7 Å². The van der Waals surface area contributed by atoms with Gasteiger partial charge in [0.15, 0.2) is 0 Å². The number of unbranched alkanes of at least 4 members (excludes halogenated alkanes) is 3. The van der Waals surface area contributed by atoms with E-state index in [1.54, 1.807) is 0 Å². The molecule has 0 fully saturated rings. The highest BCUT2D eigenvalue weighted by Gasteiger charge is 2.18. The van der Waals surface area contributed by atoms with E-state index in [2.05, 4.69) is 11.3 Å². The van der Waals surface area contributed by atoms with Crippen molar-refractivity contribution in [3.8, 4) is 0 Å². The number of hydrogen-bond donors (Lipinski definition) is 4. The van der Waals surface area contributed by atoms with Crippen molar-refractivity contribution >= 4 is 11.9 Å². The van der Waals surface area contributed by atoms with E-state index in [4.69, 9.17) is 21.7 Å². The van der Waals surface area contributed by atoms with Gasteiger partial charge in [-0.2, -0.15) is 0 Å². The lowest BCUT2D eigenvalue weighted by Gasteiger charge is -2.02. The molecule has 7 heteroatoms. The Bertz CT molecular complexity index is 386. The molecule has 0 aliphatic carbocycles. The summed E-state index contributed by atoms with van der Waals surface area (Å²) in [5.41, 5.74) is 10.4. The summed E-state index contributed by atoms with van der Waals surface area (Å²) in [6.45, 7) is 2.20. The van der Waals surface area contributed by atoms with E-state index in [1.807, 2.05) is 0 Å². The standard InChI is InChI=1S/C7H18N2.C6H4O5/c1-2-3-4-5-6-7(8)9;7-5(8)3-1-2-11-4(3)6(9)10/h7H,2-6,8-9H2,1H3;1-2H,(H,7,8)(H,9,10). The van der Waals surface area contributed by atoms with Crippen LogP contribution in [0.2, 0.25) is 0 Å². The molecule has 1 rings (SSSR count). The molecule has 0 spiro atoms. The number of aromatic carboxylic acids is 2. The summed E-state index contributed by atoms with van der Waals surface area (Å²) in [4.78, 5) is 20.5. The average Bonchev–Trinajstić information content (AvgIpc) is 2.84. The lowest BCUT2D eigenvalue weighted by molar-refractivity contribution is 0.0626. The molecule has 1 heterocycles. The summed E-state index contributed by atoms with van der Waals surface area (Å²) in [7, 11) is 0. The lowest BCUT2D eigenvalue weighted by Crippen LogP contribution is -2.29. The molecule has 7 nitrogen and oxygen atoms in total. The smallest absolute Gasteiger partial charge is 0.372 e. The van der Waals surface area contributed by atoms with E-state index in [0.29, 0.717) is 0 Å². The van der Waals surface area contributed by atoms with Crippen molar-refractivity contribution in [2.45, 2.75) is 45.2 Å². The summed E-state index contributed by atoms with van der Waals surface area (Å²) in [5, 5.41) is 16.7. The molecule has 0 atom stereocenters. The minimum atomic E-state index is -1.38. The second kappa shape index (κ2) is 9.99. The third-order valence-electron chi connectivity index (χ3n) is 2.48. The van der Waals surface area contributed by atoms with Crippen LogP contribution in [-0.2, 0) is 0 Å². The van der Waals surface area contributed by atoms with Crippen molar-refractivity contribution in [2.24, 2.45) is 11.5 Å². The summed E-state index contributed by atoms with van der Waals surface area (Å²) in [6.07, 6.45) is 6.95. The number of carboxylic acids is 2. The van der Waals surface area contributed by atoms with Crippen LogP contribution in [0, 0.1) is 0 Å². The van der Waals surface area contributed by atoms with Gasteiger partial charge in [0.05, 0.1) is 12.4 Å². The number of carbonyl (C=O) groups is 2. The molecular weight excluding hydrogens is 264 g/mol. The zero-order chi connectivity index (χ0) is 15.5. The Kier molecular flexibility index (Phi) is 9.06. The molecule has 0 radical (unpaired) electrons. The molecule has 0 aliphatic rings. The lowest BCUT2D eigenvalue weighted by atomic mass is 10.1. The Morgan fingerprint density at radius 2 is 1.85 bits per heavy atom. The number of nitrogens with two attached hydrogens (primary N) is 2. The predicted molar refractivity (Wildman–Crippen MR) is 73.5 cm³/mol. The molecule has 0 unspecified atom stereocenters. The van der Waals surface area contributed by atoms with Crippen LogP contribution in [0.1, 0.15) is 59.9 Å². The Balaban J connectivity index is 0.000000370. The predicted octanol–water partition coefficient (Wildman–Crippen LogP) is 1.88. The van der Waals surface area contributed by atoms with Gasteiger partial charge in [-0.1, -0.05) is 32.6 Å². The molecule has 0 saturated carbocycles. The fraction of sp³-hybridized carbons (Fsp3) is 0.538. The average molecular weight is 286 g/mol. The van der Waals surface area contributed by atoms with Crippen LogP contribution in [0.3, 0.4) is 0 Å². The van der Waals surface area contributed by atoms with Crippen molar-refractivity contribution in [2.75, 3.05) is 0 Å². The molecule has 0 bridgehead atoms. The molecule has 1 aromatic rings. The largest absolute Gasteiger partial charge is 0.478 e. The molecule has 0 aromatic carbocycles. The van der Waals surface area contributed by atoms with Crippen LogP contribution < -0.4 is 11.5 Å². The molecule has 114 valence electrons. The van der Waals surface area contributed by atoms with Gasteiger partial charge in [0.25, 0.3) is 0 Å². The Labute approximate surface area is 117 Å². The maximum atomic E-state index is 10.3. The van der Waals surface area contributed by atoms with Gasteiger partial charge in [0.1, 0.15) is 5.56 Å². The Morgan fingerprint density at radius 3 is 2.25 bits per heavy atom. The van der Waals surface area contributed by atoms with Crippen molar-refractivity contribution in [3.63, 3.8) is 0 Å². The normalized spacial score (nSPS) is 10.0. The number of carboxylic acid groups (broad SMARTS) is 2. The van der Waals surface area contributed by atoms with Crippen LogP contribution in [0.4, 0.5) is 0 Å². The summed E-state index contributed by atoms with van der Waals surface area (Å²) < 4.78 is 4.41. The fourth-order valence-corrected chi connectivity index (χ4v) is 1.45. The van der Waals surface area contributed by atoms with Crippen LogP contribution in [0.5, 0.6) is 0 Å². The maximum absolute atomic E-state index is 10.3. The second-order valence-corrected chi connectivity index (χ2v) is 4.29. The monoisotopic (exact) mass is 286 g/mol. The molecule has 0 amide bonds. The van der Waals surface area contributed by atoms with Crippen molar-refractivity contribution in [3.05, 3.63) is 23.7 Å². The highest BCUT2D eigenvalue weighted by Crippen LogP contribution is 2.09. The molecule has 0 aliphatic heterocycles. The van der Waals surface area contributed by atoms with Gasteiger partial charge in [-0.3, -0.25) is 0 Å². The molecule has 0 saturated heterocycles. The first-order chi connectivity index (χ1) is 9.40. The van der Waals surface area contributed by atoms with Gasteiger partial charge in [-0.15, -0.1) is 0 Å². The van der Waals surface area contributed by atoms with Gasteiger partial charge in [0.2, 0.25) is 5.76 Å². The first kappa shape index (κ1) is 18.1. The summed E-state index contributed by atoms with van der Waals surface area (Å²) in [6, 6.07) is 1.09.